The Bertz CT molecular complexity index is 427. The largest absolute Gasteiger partial charge is 0.491 e. The maximum atomic E-state index is 5.94. The van der Waals surface area contributed by atoms with Crippen LogP contribution < -0.4 is 10.5 Å². The fraction of sp³-hybridized carbons (Fsp3) is 0.647. The van der Waals surface area contributed by atoms with Gasteiger partial charge in [0.25, 0.3) is 0 Å². The molecule has 0 aromatic heterocycles. The standard InChI is InChI=1S/C17H26N2O2.ClH/c18-15-7-9-19(10-8-15)12-14-3-5-16(6-4-14)21-13-17-2-1-11-20-17;/h3-6,15,17H,1-2,7-13,18H2;1H. The molecule has 0 amide bonds. The molecule has 0 bridgehead atoms. The van der Waals surface area contributed by atoms with Gasteiger partial charge in [-0.2, -0.15) is 0 Å². The van der Waals surface area contributed by atoms with Gasteiger partial charge in [0.2, 0.25) is 0 Å². The number of ether oxygens (including phenoxy) is 2. The van der Waals surface area contributed by atoms with E-state index in [9.17, 15) is 0 Å². The quantitative estimate of drug-likeness (QED) is 0.903. The smallest absolute Gasteiger partial charge is 0.119 e. The SMILES string of the molecule is Cl.NC1CCN(Cc2ccc(OCC3CCCO3)cc2)CC1. The van der Waals surface area contributed by atoms with Gasteiger partial charge < -0.3 is 15.2 Å². The first-order chi connectivity index (χ1) is 10.3. The van der Waals surface area contributed by atoms with Crippen LogP contribution in [0.5, 0.6) is 5.75 Å². The lowest BCUT2D eigenvalue weighted by Gasteiger charge is -2.30. The van der Waals surface area contributed by atoms with Gasteiger partial charge in [0, 0.05) is 19.2 Å². The second-order valence-electron chi connectivity index (χ2n) is 6.20. The number of hydrogen-bond donors (Lipinski definition) is 1. The van der Waals surface area contributed by atoms with Gasteiger partial charge in [-0.3, -0.25) is 4.90 Å². The normalized spacial score (nSPS) is 23.2. The molecule has 1 aromatic rings. The van der Waals surface area contributed by atoms with E-state index in [1.807, 2.05) is 0 Å². The lowest BCUT2D eigenvalue weighted by Crippen LogP contribution is -2.39. The van der Waals surface area contributed by atoms with Crippen LogP contribution in [0.4, 0.5) is 0 Å². The molecule has 2 heterocycles. The van der Waals surface area contributed by atoms with Gasteiger partial charge in [0.05, 0.1) is 6.10 Å². The Hall–Kier alpha value is -0.810. The zero-order valence-corrected chi connectivity index (χ0v) is 13.9. The van der Waals surface area contributed by atoms with Crippen molar-refractivity contribution in [3.63, 3.8) is 0 Å². The monoisotopic (exact) mass is 326 g/mol. The summed E-state index contributed by atoms with van der Waals surface area (Å²) in [5.41, 5.74) is 7.28. The van der Waals surface area contributed by atoms with Crippen LogP contribution in [0, 0.1) is 0 Å². The maximum Gasteiger partial charge on any atom is 0.119 e. The average Bonchev–Trinajstić information content (AvgIpc) is 3.02. The molecular weight excluding hydrogens is 300 g/mol. The predicted octanol–water partition coefficient (Wildman–Crippen LogP) is 2.59. The number of hydrogen-bond acceptors (Lipinski definition) is 4. The molecule has 2 aliphatic rings. The van der Waals surface area contributed by atoms with Crippen molar-refractivity contribution in [3.05, 3.63) is 29.8 Å². The molecule has 1 unspecified atom stereocenters. The molecule has 4 nitrogen and oxygen atoms in total. The fourth-order valence-corrected chi connectivity index (χ4v) is 3.03. The van der Waals surface area contributed by atoms with Crippen molar-refractivity contribution in [2.75, 3.05) is 26.3 Å². The molecule has 5 heteroatoms. The summed E-state index contributed by atoms with van der Waals surface area (Å²) in [6.07, 6.45) is 4.79. The zero-order chi connectivity index (χ0) is 14.5. The topological polar surface area (TPSA) is 47.7 Å². The fourth-order valence-electron chi connectivity index (χ4n) is 3.03. The number of benzene rings is 1. The van der Waals surface area contributed by atoms with Gasteiger partial charge in [-0.1, -0.05) is 12.1 Å². The van der Waals surface area contributed by atoms with E-state index in [2.05, 4.69) is 29.2 Å². The van der Waals surface area contributed by atoms with Crippen molar-refractivity contribution < 1.29 is 9.47 Å². The number of rotatable bonds is 5. The molecule has 124 valence electrons. The van der Waals surface area contributed by atoms with Gasteiger partial charge in [-0.05, 0) is 56.5 Å². The van der Waals surface area contributed by atoms with Crippen LogP contribution in [0.15, 0.2) is 24.3 Å². The highest BCUT2D eigenvalue weighted by atomic mass is 35.5. The number of nitrogens with two attached hydrogens (primary N) is 1. The first kappa shape index (κ1) is 17.5. The molecule has 2 saturated heterocycles. The predicted molar refractivity (Wildman–Crippen MR) is 90.6 cm³/mol. The molecule has 0 radical (unpaired) electrons. The molecule has 0 aliphatic carbocycles. The second-order valence-corrected chi connectivity index (χ2v) is 6.20. The van der Waals surface area contributed by atoms with Crippen molar-refractivity contribution in [3.8, 4) is 5.75 Å². The molecule has 0 spiro atoms. The Kier molecular flexibility index (Phi) is 6.96. The molecule has 2 aliphatic heterocycles. The van der Waals surface area contributed by atoms with Gasteiger partial charge >= 0.3 is 0 Å². The highest BCUT2D eigenvalue weighted by molar-refractivity contribution is 5.85. The molecule has 22 heavy (non-hydrogen) atoms. The second kappa shape index (κ2) is 8.73. The van der Waals surface area contributed by atoms with E-state index in [1.54, 1.807) is 0 Å². The van der Waals surface area contributed by atoms with Crippen LogP contribution in [0.3, 0.4) is 0 Å². The van der Waals surface area contributed by atoms with Crippen LogP contribution >= 0.6 is 12.4 Å². The average molecular weight is 327 g/mol. The summed E-state index contributed by atoms with van der Waals surface area (Å²) in [7, 11) is 0. The third-order valence-electron chi connectivity index (χ3n) is 4.42. The Morgan fingerprint density at radius 3 is 2.50 bits per heavy atom. The Morgan fingerprint density at radius 1 is 1.14 bits per heavy atom. The van der Waals surface area contributed by atoms with Crippen molar-refractivity contribution in [1.29, 1.82) is 0 Å². The van der Waals surface area contributed by atoms with Crippen LogP contribution in [0.2, 0.25) is 0 Å². The molecule has 0 saturated carbocycles. The Balaban J connectivity index is 0.00000176. The van der Waals surface area contributed by atoms with Crippen LogP contribution in [-0.2, 0) is 11.3 Å². The van der Waals surface area contributed by atoms with Gasteiger partial charge in [0.15, 0.2) is 0 Å². The van der Waals surface area contributed by atoms with E-state index in [0.29, 0.717) is 12.6 Å². The minimum Gasteiger partial charge on any atom is -0.491 e. The number of likely N-dealkylation sites (tertiary alicyclic amines) is 1. The van der Waals surface area contributed by atoms with E-state index in [4.69, 9.17) is 15.2 Å². The third-order valence-corrected chi connectivity index (χ3v) is 4.42. The Labute approximate surface area is 139 Å². The summed E-state index contributed by atoms with van der Waals surface area (Å²) < 4.78 is 11.4. The third kappa shape index (κ3) is 5.13. The summed E-state index contributed by atoms with van der Waals surface area (Å²) in [5.74, 6) is 0.940. The molecule has 2 N–H and O–H groups in total. The lowest BCUT2D eigenvalue weighted by molar-refractivity contribution is 0.0679. The Morgan fingerprint density at radius 2 is 1.86 bits per heavy atom. The van der Waals surface area contributed by atoms with Crippen LogP contribution in [-0.4, -0.2) is 43.3 Å². The van der Waals surface area contributed by atoms with Crippen LogP contribution in [0.1, 0.15) is 31.2 Å². The summed E-state index contributed by atoms with van der Waals surface area (Å²) >= 11 is 0. The van der Waals surface area contributed by atoms with Gasteiger partial charge in [-0.15, -0.1) is 12.4 Å². The molecular formula is C17H27ClN2O2. The minimum absolute atomic E-state index is 0. The summed E-state index contributed by atoms with van der Waals surface area (Å²) in [5, 5.41) is 0. The van der Waals surface area contributed by atoms with E-state index in [1.165, 1.54) is 5.56 Å². The summed E-state index contributed by atoms with van der Waals surface area (Å²) in [6, 6.07) is 8.87. The van der Waals surface area contributed by atoms with E-state index < -0.39 is 0 Å². The van der Waals surface area contributed by atoms with E-state index >= 15 is 0 Å². The van der Waals surface area contributed by atoms with Crippen molar-refractivity contribution in [1.82, 2.24) is 4.90 Å². The van der Waals surface area contributed by atoms with Crippen molar-refractivity contribution in [2.45, 2.75) is 44.4 Å². The first-order valence-corrected chi connectivity index (χ1v) is 8.11. The van der Waals surface area contributed by atoms with E-state index in [-0.39, 0.29) is 18.5 Å². The zero-order valence-electron chi connectivity index (χ0n) is 13.1. The molecule has 3 rings (SSSR count). The molecule has 1 aromatic carbocycles. The van der Waals surface area contributed by atoms with Crippen molar-refractivity contribution in [2.24, 2.45) is 5.73 Å². The van der Waals surface area contributed by atoms with Crippen LogP contribution in [0.25, 0.3) is 0 Å². The van der Waals surface area contributed by atoms with E-state index in [0.717, 1.165) is 57.7 Å². The summed E-state index contributed by atoms with van der Waals surface area (Å²) in [4.78, 5) is 2.48. The number of nitrogens with zero attached hydrogens (tertiary/aromatic N) is 1. The highest BCUT2D eigenvalue weighted by Crippen LogP contribution is 2.18. The maximum absolute atomic E-state index is 5.94. The minimum atomic E-state index is 0. The van der Waals surface area contributed by atoms with Crippen molar-refractivity contribution >= 4 is 12.4 Å². The molecule has 2 fully saturated rings. The summed E-state index contributed by atoms with van der Waals surface area (Å²) in [6.45, 7) is 4.78. The van der Waals surface area contributed by atoms with Gasteiger partial charge in [-0.25, -0.2) is 0 Å². The first-order valence-electron chi connectivity index (χ1n) is 8.11. The number of halogens is 1. The lowest BCUT2D eigenvalue weighted by atomic mass is 10.1. The van der Waals surface area contributed by atoms with Gasteiger partial charge in [0.1, 0.15) is 12.4 Å². The number of piperidine rings is 1. The molecule has 1 atom stereocenters. The highest BCUT2D eigenvalue weighted by Gasteiger charge is 2.17.